The third kappa shape index (κ3) is 8.49. The van der Waals surface area contributed by atoms with Crippen LogP contribution in [0, 0.1) is 0 Å². The van der Waals surface area contributed by atoms with E-state index >= 15 is 0 Å². The predicted octanol–water partition coefficient (Wildman–Crippen LogP) is -1.44. The first-order valence-corrected chi connectivity index (χ1v) is 5.43. The molecule has 0 aliphatic carbocycles. The molecule has 0 amide bonds. The van der Waals surface area contributed by atoms with Gasteiger partial charge in [-0.15, -0.1) is 0 Å². The average Bonchev–Trinajstić information content (AvgIpc) is 2.13. The van der Waals surface area contributed by atoms with E-state index in [1.165, 1.54) is 0 Å². The fraction of sp³-hybridized carbons (Fsp3) is 0.750. The fourth-order valence-corrected chi connectivity index (χ4v) is 1.14. The van der Waals surface area contributed by atoms with Crippen molar-refractivity contribution in [1.29, 1.82) is 0 Å². The van der Waals surface area contributed by atoms with Crippen LogP contribution < -0.4 is 0 Å². The number of nitrogens with zero attached hydrogens (tertiary/aromatic N) is 2. The number of carbonyl (C=O) groups excluding carboxylic acids is 1. The molecule has 0 aromatic rings. The molecule has 0 heterocycles. The number of rotatable bonds is 7. The summed E-state index contributed by atoms with van der Waals surface area (Å²) in [5, 5.41) is 8.51. The molecule has 0 saturated heterocycles. The zero-order valence-electron chi connectivity index (χ0n) is 8.97. The van der Waals surface area contributed by atoms with Crippen molar-refractivity contribution in [2.45, 2.75) is 0 Å². The van der Waals surface area contributed by atoms with Gasteiger partial charge in [0, 0.05) is 0 Å². The molecule has 15 heavy (non-hydrogen) atoms. The van der Waals surface area contributed by atoms with Gasteiger partial charge in [0.15, 0.2) is 0 Å². The van der Waals surface area contributed by atoms with E-state index < -0.39 is 5.97 Å². The Bertz CT molecular complexity index is 225. The molecular weight excluding hydrogens is 258 g/mol. The van der Waals surface area contributed by atoms with E-state index in [0.717, 1.165) is 19.0 Å². The van der Waals surface area contributed by atoms with Gasteiger partial charge >= 0.3 is 99.2 Å². The molecule has 0 aromatic carbocycles. The SMILES string of the molecule is CN(CCN(C)CC(=O)[O][Ga])CC(=O)O. The number of carboxylic acids is 1. The van der Waals surface area contributed by atoms with Gasteiger partial charge in [-0.05, 0) is 0 Å². The first kappa shape index (κ1) is 14.5. The van der Waals surface area contributed by atoms with Crippen molar-refractivity contribution in [2.24, 2.45) is 0 Å². The average molecular weight is 273 g/mol. The van der Waals surface area contributed by atoms with Gasteiger partial charge in [0.2, 0.25) is 0 Å². The van der Waals surface area contributed by atoms with Gasteiger partial charge in [-0.25, -0.2) is 0 Å². The maximum atomic E-state index is 10.9. The minimum atomic E-state index is -0.851. The number of aliphatic carboxylic acids is 1. The molecule has 0 aliphatic heterocycles. The monoisotopic (exact) mass is 272 g/mol. The third-order valence-electron chi connectivity index (χ3n) is 1.80. The van der Waals surface area contributed by atoms with Crippen LogP contribution in [0.5, 0.6) is 0 Å². The van der Waals surface area contributed by atoms with Crippen LogP contribution >= 0.6 is 0 Å². The normalized spacial score (nSPS) is 10.7. The van der Waals surface area contributed by atoms with Crippen molar-refractivity contribution in [2.75, 3.05) is 40.3 Å². The molecule has 0 saturated carbocycles. The Morgan fingerprint density at radius 3 is 2.07 bits per heavy atom. The molecule has 84 valence electrons. The van der Waals surface area contributed by atoms with Gasteiger partial charge in [0.1, 0.15) is 0 Å². The van der Waals surface area contributed by atoms with Crippen molar-refractivity contribution in [1.82, 2.24) is 9.80 Å². The van der Waals surface area contributed by atoms with Crippen molar-refractivity contribution < 1.29 is 18.2 Å². The number of likely N-dealkylation sites (N-methyl/N-ethyl adjacent to an activating group) is 2. The zero-order valence-corrected chi connectivity index (χ0v) is 11.4. The second-order valence-corrected chi connectivity index (χ2v) is 3.85. The van der Waals surface area contributed by atoms with Crippen molar-refractivity contribution >= 4 is 30.9 Å². The Kier molecular flexibility index (Phi) is 7.48. The summed E-state index contributed by atoms with van der Waals surface area (Å²) in [7, 11) is 3.52. The van der Waals surface area contributed by atoms with Gasteiger partial charge in [-0.3, -0.25) is 0 Å². The molecule has 0 atom stereocenters. The van der Waals surface area contributed by atoms with Crippen LogP contribution in [0.2, 0.25) is 0 Å². The molecule has 7 heteroatoms. The van der Waals surface area contributed by atoms with Crippen LogP contribution in [-0.2, 0) is 13.1 Å². The van der Waals surface area contributed by atoms with Crippen LogP contribution in [0.3, 0.4) is 0 Å². The topological polar surface area (TPSA) is 70.1 Å². The summed E-state index contributed by atoms with van der Waals surface area (Å²) < 4.78 is 4.57. The molecule has 6 nitrogen and oxygen atoms in total. The van der Waals surface area contributed by atoms with E-state index in [9.17, 15) is 9.59 Å². The van der Waals surface area contributed by atoms with Crippen LogP contribution in [-0.4, -0.2) is 86.1 Å². The molecule has 0 unspecified atom stereocenters. The van der Waals surface area contributed by atoms with Gasteiger partial charge in [0.25, 0.3) is 0 Å². The van der Waals surface area contributed by atoms with Crippen LogP contribution in [0.4, 0.5) is 0 Å². The number of hydrogen-bond donors (Lipinski definition) is 1. The Morgan fingerprint density at radius 1 is 1.20 bits per heavy atom. The van der Waals surface area contributed by atoms with Crippen LogP contribution in [0.1, 0.15) is 0 Å². The maximum absolute atomic E-state index is 10.9. The van der Waals surface area contributed by atoms with E-state index in [1.54, 1.807) is 23.9 Å². The number of carboxylic acid groups (broad SMARTS) is 1. The van der Waals surface area contributed by atoms with Crippen LogP contribution in [0.25, 0.3) is 0 Å². The fourth-order valence-electron chi connectivity index (χ4n) is 0.988. The molecule has 0 fully saturated rings. The predicted molar refractivity (Wildman–Crippen MR) is 54.5 cm³/mol. The van der Waals surface area contributed by atoms with E-state index in [0.29, 0.717) is 13.1 Å². The van der Waals surface area contributed by atoms with E-state index in [2.05, 4.69) is 3.53 Å². The second kappa shape index (κ2) is 7.74. The van der Waals surface area contributed by atoms with Crippen molar-refractivity contribution in [3.63, 3.8) is 0 Å². The molecule has 1 N–H and O–H groups in total. The third-order valence-corrected chi connectivity index (χ3v) is 2.35. The first-order chi connectivity index (χ1) is 6.95. The minimum absolute atomic E-state index is 0.00910. The molecular formula is C8H15GaN2O4. The first-order valence-electron chi connectivity index (χ1n) is 4.44. The zero-order chi connectivity index (χ0) is 11.8. The molecule has 0 rings (SSSR count). The summed E-state index contributed by atoms with van der Waals surface area (Å²) in [6, 6.07) is 0. The van der Waals surface area contributed by atoms with Gasteiger partial charge in [0.05, 0.1) is 0 Å². The van der Waals surface area contributed by atoms with Gasteiger partial charge in [-0.1, -0.05) is 0 Å². The van der Waals surface area contributed by atoms with Crippen molar-refractivity contribution in [3.8, 4) is 0 Å². The second-order valence-electron chi connectivity index (χ2n) is 3.36. The molecule has 2 radical (unpaired) electrons. The van der Waals surface area contributed by atoms with Crippen LogP contribution in [0.15, 0.2) is 0 Å². The summed E-state index contributed by atoms with van der Waals surface area (Å²) in [4.78, 5) is 24.7. The molecule has 0 spiro atoms. The Hall–Kier alpha value is -0.504. The quantitative estimate of drug-likeness (QED) is 0.573. The Balaban J connectivity index is 3.65. The summed E-state index contributed by atoms with van der Waals surface area (Å²) >= 11 is 0.923. The van der Waals surface area contributed by atoms with Gasteiger partial charge in [-0.2, -0.15) is 0 Å². The summed E-state index contributed by atoms with van der Waals surface area (Å²) in [5.41, 5.74) is 0. The Morgan fingerprint density at radius 2 is 1.67 bits per heavy atom. The summed E-state index contributed by atoms with van der Waals surface area (Å²) in [6.45, 7) is 1.48. The van der Waals surface area contributed by atoms with E-state index in [1.807, 2.05) is 0 Å². The molecule has 0 aliphatic rings. The van der Waals surface area contributed by atoms with E-state index in [-0.39, 0.29) is 19.1 Å². The summed E-state index contributed by atoms with van der Waals surface area (Å²) in [5.74, 6) is -1.12. The number of hydrogen-bond acceptors (Lipinski definition) is 5. The van der Waals surface area contributed by atoms with Crippen molar-refractivity contribution in [3.05, 3.63) is 0 Å². The summed E-state index contributed by atoms with van der Waals surface area (Å²) in [6.07, 6.45) is 0. The molecule has 0 bridgehead atoms. The standard InChI is InChI=1S/C8H16N2O4.Ga/c1-9(5-7(11)12)3-4-10(2)6-8(13)14;/h3-6H2,1-2H3,(H,11,12)(H,13,14);/q;+1/p-1. The van der Waals surface area contributed by atoms with E-state index in [4.69, 9.17) is 5.11 Å². The Labute approximate surface area is 99.5 Å². The van der Waals surface area contributed by atoms with Gasteiger partial charge < -0.3 is 0 Å². The molecule has 0 aromatic heterocycles. The number of carbonyl (C=O) groups is 2.